The Hall–Kier alpha value is -2.34. The van der Waals surface area contributed by atoms with Crippen molar-refractivity contribution in [3.63, 3.8) is 0 Å². The van der Waals surface area contributed by atoms with Crippen LogP contribution in [0.4, 0.5) is 5.95 Å². The summed E-state index contributed by atoms with van der Waals surface area (Å²) < 4.78 is 10.7. The predicted molar refractivity (Wildman–Crippen MR) is 80.5 cm³/mol. The molecule has 21 heavy (non-hydrogen) atoms. The Morgan fingerprint density at radius 3 is 2.90 bits per heavy atom. The Morgan fingerprint density at radius 2 is 2.05 bits per heavy atom. The monoisotopic (exact) mass is 286 g/mol. The van der Waals surface area contributed by atoms with Gasteiger partial charge in [0.2, 0.25) is 12.7 Å². The van der Waals surface area contributed by atoms with Crippen molar-refractivity contribution < 1.29 is 9.47 Å². The fourth-order valence-electron chi connectivity index (χ4n) is 2.15. The molecule has 6 heteroatoms. The lowest BCUT2D eigenvalue weighted by molar-refractivity contribution is 0.174. The van der Waals surface area contributed by atoms with Gasteiger partial charge in [-0.2, -0.15) is 0 Å². The van der Waals surface area contributed by atoms with Crippen LogP contribution in [0.2, 0.25) is 0 Å². The third-order valence-corrected chi connectivity index (χ3v) is 3.19. The zero-order valence-electron chi connectivity index (χ0n) is 11.9. The van der Waals surface area contributed by atoms with Gasteiger partial charge in [0.15, 0.2) is 11.5 Å². The number of aryl methyl sites for hydroxylation is 1. The van der Waals surface area contributed by atoms with E-state index in [1.807, 2.05) is 31.2 Å². The van der Waals surface area contributed by atoms with Crippen molar-refractivity contribution in [3.05, 3.63) is 30.0 Å². The van der Waals surface area contributed by atoms with E-state index in [2.05, 4.69) is 15.3 Å². The van der Waals surface area contributed by atoms with E-state index in [1.54, 1.807) is 0 Å². The van der Waals surface area contributed by atoms with Crippen LogP contribution in [0.15, 0.2) is 24.3 Å². The Bertz CT molecular complexity index is 646. The van der Waals surface area contributed by atoms with Gasteiger partial charge in [-0.1, -0.05) is 0 Å². The first-order chi connectivity index (χ1) is 10.3. The maximum absolute atomic E-state index is 5.49. The van der Waals surface area contributed by atoms with Crippen molar-refractivity contribution in [3.8, 4) is 22.8 Å². The minimum absolute atomic E-state index is 0.271. The summed E-state index contributed by atoms with van der Waals surface area (Å²) in [4.78, 5) is 8.93. The molecule has 110 valence electrons. The smallest absolute Gasteiger partial charge is 0.231 e. The SMILES string of the molecule is Cc1cc(-c2ccc3c(c2)OCO3)nc(NCCCN)n1. The molecular formula is C15H18N4O2. The molecule has 0 bridgehead atoms. The lowest BCUT2D eigenvalue weighted by Crippen LogP contribution is -2.11. The molecular weight excluding hydrogens is 268 g/mol. The summed E-state index contributed by atoms with van der Waals surface area (Å²) in [5.74, 6) is 2.14. The molecule has 0 fully saturated rings. The Balaban J connectivity index is 1.87. The van der Waals surface area contributed by atoms with E-state index in [0.717, 1.165) is 41.4 Å². The largest absolute Gasteiger partial charge is 0.454 e. The Kier molecular flexibility index (Phi) is 3.87. The lowest BCUT2D eigenvalue weighted by atomic mass is 10.1. The van der Waals surface area contributed by atoms with Crippen LogP contribution >= 0.6 is 0 Å². The van der Waals surface area contributed by atoms with Crippen LogP contribution in [0.25, 0.3) is 11.3 Å². The highest BCUT2D eigenvalue weighted by Crippen LogP contribution is 2.35. The van der Waals surface area contributed by atoms with E-state index in [1.165, 1.54) is 0 Å². The molecule has 0 radical (unpaired) electrons. The number of aromatic nitrogens is 2. The molecule has 1 aromatic carbocycles. The van der Waals surface area contributed by atoms with E-state index in [0.29, 0.717) is 12.5 Å². The summed E-state index contributed by atoms with van der Waals surface area (Å²) in [5.41, 5.74) is 8.23. The zero-order chi connectivity index (χ0) is 14.7. The van der Waals surface area contributed by atoms with E-state index in [9.17, 15) is 0 Å². The van der Waals surface area contributed by atoms with Gasteiger partial charge in [0.25, 0.3) is 0 Å². The molecule has 6 nitrogen and oxygen atoms in total. The molecule has 1 aromatic heterocycles. The van der Waals surface area contributed by atoms with Crippen LogP contribution < -0.4 is 20.5 Å². The van der Waals surface area contributed by atoms with Crippen molar-refractivity contribution >= 4 is 5.95 Å². The Labute approximate surface area is 123 Å². The van der Waals surface area contributed by atoms with Crippen LogP contribution in [0.5, 0.6) is 11.5 Å². The molecule has 2 heterocycles. The van der Waals surface area contributed by atoms with Gasteiger partial charge >= 0.3 is 0 Å². The third-order valence-electron chi connectivity index (χ3n) is 3.19. The first kappa shape index (κ1) is 13.6. The molecule has 3 N–H and O–H groups in total. The summed E-state index contributed by atoms with van der Waals surface area (Å²) in [6.45, 7) is 3.63. The number of nitrogens with two attached hydrogens (primary N) is 1. The summed E-state index contributed by atoms with van der Waals surface area (Å²) in [5, 5.41) is 3.19. The number of rotatable bonds is 5. The van der Waals surface area contributed by atoms with Crippen LogP contribution in [0, 0.1) is 6.92 Å². The number of nitrogens with one attached hydrogen (secondary N) is 1. The maximum Gasteiger partial charge on any atom is 0.231 e. The minimum atomic E-state index is 0.271. The average molecular weight is 286 g/mol. The van der Waals surface area contributed by atoms with Gasteiger partial charge < -0.3 is 20.5 Å². The van der Waals surface area contributed by atoms with Crippen LogP contribution in [0.3, 0.4) is 0 Å². The highest BCUT2D eigenvalue weighted by atomic mass is 16.7. The Morgan fingerprint density at radius 1 is 1.19 bits per heavy atom. The lowest BCUT2D eigenvalue weighted by Gasteiger charge is -2.08. The van der Waals surface area contributed by atoms with Gasteiger partial charge in [0.05, 0.1) is 5.69 Å². The summed E-state index contributed by atoms with van der Waals surface area (Å²) in [6.07, 6.45) is 0.886. The normalized spacial score (nSPS) is 12.5. The summed E-state index contributed by atoms with van der Waals surface area (Å²) in [7, 11) is 0. The van der Waals surface area contributed by atoms with E-state index >= 15 is 0 Å². The van der Waals surface area contributed by atoms with Crippen molar-refractivity contribution in [2.24, 2.45) is 5.73 Å². The van der Waals surface area contributed by atoms with Gasteiger partial charge in [-0.05, 0) is 44.2 Å². The fourth-order valence-corrected chi connectivity index (χ4v) is 2.15. The summed E-state index contributed by atoms with van der Waals surface area (Å²) in [6, 6.07) is 7.76. The van der Waals surface area contributed by atoms with E-state index in [-0.39, 0.29) is 6.79 Å². The molecule has 0 saturated heterocycles. The zero-order valence-corrected chi connectivity index (χ0v) is 11.9. The predicted octanol–water partition coefficient (Wildman–Crippen LogP) is 1.94. The molecule has 0 saturated carbocycles. The number of hydrogen-bond donors (Lipinski definition) is 2. The number of anilines is 1. The quantitative estimate of drug-likeness (QED) is 0.817. The highest BCUT2D eigenvalue weighted by Gasteiger charge is 2.14. The standard InChI is InChI=1S/C15H18N4O2/c1-10-7-12(19-15(18-10)17-6-2-5-16)11-3-4-13-14(8-11)21-9-20-13/h3-4,7-8H,2,5-6,9,16H2,1H3,(H,17,18,19). The van der Waals surface area contributed by atoms with Gasteiger partial charge in [0, 0.05) is 17.8 Å². The van der Waals surface area contributed by atoms with Crippen molar-refractivity contribution in [1.29, 1.82) is 0 Å². The van der Waals surface area contributed by atoms with E-state index in [4.69, 9.17) is 15.2 Å². The molecule has 0 aliphatic carbocycles. The van der Waals surface area contributed by atoms with Crippen LogP contribution in [0.1, 0.15) is 12.1 Å². The van der Waals surface area contributed by atoms with Gasteiger partial charge in [-0.25, -0.2) is 9.97 Å². The number of fused-ring (bicyclic) bond motifs is 1. The maximum atomic E-state index is 5.49. The second kappa shape index (κ2) is 5.97. The molecule has 0 unspecified atom stereocenters. The highest BCUT2D eigenvalue weighted by molar-refractivity contribution is 5.65. The van der Waals surface area contributed by atoms with Gasteiger partial charge in [-0.15, -0.1) is 0 Å². The molecule has 0 atom stereocenters. The third kappa shape index (κ3) is 3.05. The molecule has 0 amide bonds. The second-order valence-corrected chi connectivity index (χ2v) is 4.86. The number of nitrogens with zero attached hydrogens (tertiary/aromatic N) is 2. The van der Waals surface area contributed by atoms with Crippen LogP contribution in [-0.2, 0) is 0 Å². The first-order valence-electron chi connectivity index (χ1n) is 6.96. The number of ether oxygens (including phenoxy) is 2. The number of benzene rings is 1. The molecule has 3 rings (SSSR count). The van der Waals surface area contributed by atoms with Crippen LogP contribution in [-0.4, -0.2) is 29.9 Å². The van der Waals surface area contributed by atoms with Crippen molar-refractivity contribution in [1.82, 2.24) is 9.97 Å². The summed E-state index contributed by atoms with van der Waals surface area (Å²) >= 11 is 0. The first-order valence-corrected chi connectivity index (χ1v) is 6.96. The minimum Gasteiger partial charge on any atom is -0.454 e. The van der Waals surface area contributed by atoms with E-state index < -0.39 is 0 Å². The second-order valence-electron chi connectivity index (χ2n) is 4.86. The van der Waals surface area contributed by atoms with Crippen molar-refractivity contribution in [2.75, 3.05) is 25.2 Å². The average Bonchev–Trinajstić information content (AvgIpc) is 2.94. The molecule has 1 aliphatic rings. The molecule has 2 aromatic rings. The van der Waals surface area contributed by atoms with Gasteiger partial charge in [0.1, 0.15) is 0 Å². The van der Waals surface area contributed by atoms with Crippen molar-refractivity contribution in [2.45, 2.75) is 13.3 Å². The topological polar surface area (TPSA) is 82.3 Å². The molecule has 0 spiro atoms. The fraction of sp³-hybridized carbons (Fsp3) is 0.333. The van der Waals surface area contributed by atoms with Gasteiger partial charge in [-0.3, -0.25) is 0 Å². The number of hydrogen-bond acceptors (Lipinski definition) is 6. The molecule has 1 aliphatic heterocycles.